The van der Waals surface area contributed by atoms with Crippen LogP contribution >= 0.6 is 11.6 Å². The molecular weight excluding hydrogens is 278 g/mol. The number of nitrogens with one attached hydrogen (secondary N) is 1. The summed E-state index contributed by atoms with van der Waals surface area (Å²) in [5, 5.41) is 14.7. The molecule has 6 heteroatoms. The van der Waals surface area contributed by atoms with E-state index >= 15 is 0 Å². The van der Waals surface area contributed by atoms with Crippen LogP contribution in [0.5, 0.6) is 0 Å². The molecule has 1 heterocycles. The molecule has 2 rings (SSSR count). The van der Waals surface area contributed by atoms with E-state index in [0.29, 0.717) is 10.7 Å². The molecule has 0 saturated carbocycles. The number of nitro groups is 1. The van der Waals surface area contributed by atoms with Crippen molar-refractivity contribution in [2.45, 2.75) is 19.4 Å². The summed E-state index contributed by atoms with van der Waals surface area (Å²) in [5.41, 5.74) is 1.65. The monoisotopic (exact) mass is 291 g/mol. The molecule has 0 aliphatic rings. The molecule has 20 heavy (non-hydrogen) atoms. The van der Waals surface area contributed by atoms with E-state index in [1.165, 1.54) is 6.07 Å². The highest BCUT2D eigenvalue weighted by molar-refractivity contribution is 6.33. The summed E-state index contributed by atoms with van der Waals surface area (Å²) in [4.78, 5) is 14.5. The Morgan fingerprint density at radius 2 is 2.25 bits per heavy atom. The van der Waals surface area contributed by atoms with Crippen molar-refractivity contribution in [1.82, 2.24) is 4.98 Å². The molecule has 1 aromatic carbocycles. The third-order valence-corrected chi connectivity index (χ3v) is 3.32. The van der Waals surface area contributed by atoms with Crippen molar-refractivity contribution < 1.29 is 4.92 Å². The van der Waals surface area contributed by atoms with Gasteiger partial charge in [0.25, 0.3) is 5.69 Å². The molecule has 0 amide bonds. The van der Waals surface area contributed by atoms with Gasteiger partial charge in [0.1, 0.15) is 0 Å². The minimum absolute atomic E-state index is 0.0587. The highest BCUT2D eigenvalue weighted by atomic mass is 35.5. The third kappa shape index (κ3) is 3.24. The third-order valence-electron chi connectivity index (χ3n) is 2.99. The van der Waals surface area contributed by atoms with Crippen LogP contribution in [0.15, 0.2) is 42.7 Å². The van der Waals surface area contributed by atoms with Gasteiger partial charge in [-0.15, -0.1) is 0 Å². The van der Waals surface area contributed by atoms with Gasteiger partial charge in [-0.05, 0) is 18.1 Å². The molecule has 5 nitrogen and oxygen atoms in total. The molecular formula is C14H14ClN3O2. The summed E-state index contributed by atoms with van der Waals surface area (Å²) < 4.78 is 0. The zero-order valence-corrected chi connectivity index (χ0v) is 11.7. The van der Waals surface area contributed by atoms with E-state index in [4.69, 9.17) is 11.6 Å². The van der Waals surface area contributed by atoms with Gasteiger partial charge in [-0.2, -0.15) is 0 Å². The molecule has 1 aromatic heterocycles. The number of hydrogen-bond acceptors (Lipinski definition) is 4. The Labute approximate surface area is 121 Å². The Balaban J connectivity index is 2.26. The van der Waals surface area contributed by atoms with E-state index in [-0.39, 0.29) is 11.7 Å². The van der Waals surface area contributed by atoms with E-state index in [9.17, 15) is 10.1 Å². The van der Waals surface area contributed by atoms with Gasteiger partial charge in [0.05, 0.1) is 27.9 Å². The predicted molar refractivity (Wildman–Crippen MR) is 79.0 cm³/mol. The first-order valence-corrected chi connectivity index (χ1v) is 6.60. The van der Waals surface area contributed by atoms with Crippen molar-refractivity contribution in [2.24, 2.45) is 0 Å². The Hall–Kier alpha value is -2.14. The SMILES string of the molecule is CCC(Nc1cnccc1Cl)c1cccc([N+](=O)[O-])c1. The summed E-state index contributed by atoms with van der Waals surface area (Å²) in [7, 11) is 0. The maximum absolute atomic E-state index is 10.8. The van der Waals surface area contributed by atoms with E-state index < -0.39 is 4.92 Å². The summed E-state index contributed by atoms with van der Waals surface area (Å²) in [6.45, 7) is 2.00. The van der Waals surface area contributed by atoms with Gasteiger partial charge in [0, 0.05) is 18.3 Å². The van der Waals surface area contributed by atoms with Crippen molar-refractivity contribution in [2.75, 3.05) is 5.32 Å². The fourth-order valence-corrected chi connectivity index (χ4v) is 2.11. The fraction of sp³-hybridized carbons (Fsp3) is 0.214. The van der Waals surface area contributed by atoms with Crippen molar-refractivity contribution in [3.8, 4) is 0 Å². The number of aromatic nitrogens is 1. The van der Waals surface area contributed by atoms with Crippen LogP contribution in [0.2, 0.25) is 5.02 Å². The molecule has 104 valence electrons. The molecule has 1 atom stereocenters. The highest BCUT2D eigenvalue weighted by Crippen LogP contribution is 2.28. The Morgan fingerprint density at radius 1 is 1.45 bits per heavy atom. The minimum atomic E-state index is -0.396. The largest absolute Gasteiger partial charge is 0.376 e. The average Bonchev–Trinajstić information content (AvgIpc) is 2.46. The van der Waals surface area contributed by atoms with Crippen molar-refractivity contribution in [1.29, 1.82) is 0 Å². The van der Waals surface area contributed by atoms with Crippen LogP contribution in [0.25, 0.3) is 0 Å². The lowest BCUT2D eigenvalue weighted by Crippen LogP contribution is -2.10. The van der Waals surface area contributed by atoms with E-state index in [0.717, 1.165) is 12.0 Å². The summed E-state index contributed by atoms with van der Waals surface area (Å²) in [5.74, 6) is 0. The fourth-order valence-electron chi connectivity index (χ4n) is 1.95. The van der Waals surface area contributed by atoms with Crippen LogP contribution in [0.4, 0.5) is 11.4 Å². The number of nitro benzene ring substituents is 1. The van der Waals surface area contributed by atoms with Gasteiger partial charge < -0.3 is 5.32 Å². The quantitative estimate of drug-likeness (QED) is 0.662. The number of benzene rings is 1. The number of pyridine rings is 1. The van der Waals surface area contributed by atoms with Gasteiger partial charge in [0.15, 0.2) is 0 Å². The van der Waals surface area contributed by atoms with Crippen LogP contribution in [0.1, 0.15) is 24.9 Å². The van der Waals surface area contributed by atoms with Gasteiger partial charge in [-0.3, -0.25) is 15.1 Å². The first kappa shape index (κ1) is 14.3. The number of halogens is 1. The number of hydrogen-bond donors (Lipinski definition) is 1. The van der Waals surface area contributed by atoms with Crippen molar-refractivity contribution >= 4 is 23.0 Å². The molecule has 0 aliphatic carbocycles. The Kier molecular flexibility index (Phi) is 4.53. The molecule has 0 spiro atoms. The predicted octanol–water partition coefficient (Wildman–Crippen LogP) is 4.21. The second-order valence-electron chi connectivity index (χ2n) is 4.31. The Morgan fingerprint density at radius 3 is 2.90 bits per heavy atom. The standard InChI is InChI=1S/C14H14ClN3O2/c1-2-13(17-14-9-16-7-6-12(14)15)10-4-3-5-11(8-10)18(19)20/h3-9,13,17H,2H2,1H3. The second-order valence-corrected chi connectivity index (χ2v) is 4.72. The van der Waals surface area contributed by atoms with Crippen LogP contribution in [-0.4, -0.2) is 9.91 Å². The molecule has 0 aliphatic heterocycles. The number of anilines is 1. The van der Waals surface area contributed by atoms with E-state index in [2.05, 4.69) is 10.3 Å². The van der Waals surface area contributed by atoms with Crippen molar-refractivity contribution in [3.05, 3.63) is 63.4 Å². The van der Waals surface area contributed by atoms with Gasteiger partial charge in [0.2, 0.25) is 0 Å². The number of rotatable bonds is 5. The highest BCUT2D eigenvalue weighted by Gasteiger charge is 2.14. The average molecular weight is 292 g/mol. The Bertz CT molecular complexity index is 619. The van der Waals surface area contributed by atoms with Gasteiger partial charge in [-0.25, -0.2) is 0 Å². The maximum atomic E-state index is 10.8. The molecule has 1 N–H and O–H groups in total. The summed E-state index contributed by atoms with van der Waals surface area (Å²) >= 11 is 6.08. The lowest BCUT2D eigenvalue weighted by atomic mass is 10.0. The molecule has 0 radical (unpaired) electrons. The maximum Gasteiger partial charge on any atom is 0.269 e. The normalized spacial score (nSPS) is 11.9. The number of nitrogens with zero attached hydrogens (tertiary/aromatic N) is 2. The minimum Gasteiger partial charge on any atom is -0.376 e. The second kappa shape index (κ2) is 6.34. The lowest BCUT2D eigenvalue weighted by Gasteiger charge is -2.19. The first-order chi connectivity index (χ1) is 9.61. The zero-order valence-electron chi connectivity index (χ0n) is 10.9. The topological polar surface area (TPSA) is 68.1 Å². The van der Waals surface area contributed by atoms with Crippen LogP contribution in [0, 0.1) is 10.1 Å². The zero-order chi connectivity index (χ0) is 14.5. The summed E-state index contributed by atoms with van der Waals surface area (Å²) in [6.07, 6.45) is 4.02. The summed E-state index contributed by atoms with van der Waals surface area (Å²) in [6, 6.07) is 8.24. The van der Waals surface area contributed by atoms with Crippen LogP contribution < -0.4 is 5.32 Å². The molecule has 0 saturated heterocycles. The molecule has 1 unspecified atom stereocenters. The lowest BCUT2D eigenvalue weighted by molar-refractivity contribution is -0.384. The number of non-ortho nitro benzene ring substituents is 1. The van der Waals surface area contributed by atoms with Crippen molar-refractivity contribution in [3.63, 3.8) is 0 Å². The first-order valence-electron chi connectivity index (χ1n) is 6.22. The van der Waals surface area contributed by atoms with Crippen LogP contribution in [-0.2, 0) is 0 Å². The molecule has 0 fully saturated rings. The van der Waals surface area contributed by atoms with E-state index in [1.54, 1.807) is 30.6 Å². The van der Waals surface area contributed by atoms with Crippen LogP contribution in [0.3, 0.4) is 0 Å². The smallest absolute Gasteiger partial charge is 0.269 e. The molecule has 0 bridgehead atoms. The van der Waals surface area contributed by atoms with Gasteiger partial charge in [-0.1, -0.05) is 30.7 Å². The van der Waals surface area contributed by atoms with E-state index in [1.807, 2.05) is 13.0 Å². The molecule has 2 aromatic rings. The van der Waals surface area contributed by atoms with Gasteiger partial charge >= 0.3 is 0 Å².